The molecule has 0 spiro atoms. The fourth-order valence-corrected chi connectivity index (χ4v) is 3.04. The van der Waals surface area contributed by atoms with Gasteiger partial charge in [-0.3, -0.25) is 0 Å². The molecule has 32 heavy (non-hydrogen) atoms. The molecule has 0 saturated carbocycles. The second-order valence-electron chi connectivity index (χ2n) is 9.49. The Morgan fingerprint density at radius 3 is 2.09 bits per heavy atom. The number of ether oxygens (including phenoxy) is 2. The average molecular weight is 442 g/mol. The van der Waals surface area contributed by atoms with Crippen molar-refractivity contribution in [1.29, 1.82) is 0 Å². The summed E-state index contributed by atoms with van der Waals surface area (Å²) in [6, 6.07) is 8.41. The molecule has 3 rings (SSSR count). The molecule has 0 aliphatic carbocycles. The summed E-state index contributed by atoms with van der Waals surface area (Å²) in [5.41, 5.74) is 0.876. The minimum Gasteiger partial charge on any atom is -0.443 e. The second-order valence-corrected chi connectivity index (χ2v) is 9.49. The molecule has 0 radical (unpaired) electrons. The minimum absolute atomic E-state index is 0.0571. The zero-order valence-electron chi connectivity index (χ0n) is 19.4. The van der Waals surface area contributed by atoms with Crippen LogP contribution in [0.3, 0.4) is 0 Å². The number of carbonyl (C=O) groups is 2. The zero-order chi connectivity index (χ0) is 23.8. The van der Waals surface area contributed by atoms with Gasteiger partial charge < -0.3 is 13.9 Å². The van der Waals surface area contributed by atoms with Gasteiger partial charge in [0.1, 0.15) is 22.7 Å². The van der Waals surface area contributed by atoms with Crippen molar-refractivity contribution in [2.75, 3.05) is 4.90 Å². The number of aromatic nitrogens is 2. The number of imide groups is 1. The first-order valence-electron chi connectivity index (χ1n) is 10.3. The van der Waals surface area contributed by atoms with Gasteiger partial charge in [-0.1, -0.05) is 12.1 Å². The Balaban J connectivity index is 2.05. The highest BCUT2D eigenvalue weighted by Gasteiger charge is 2.34. The van der Waals surface area contributed by atoms with Crippen LogP contribution in [0.5, 0.6) is 0 Å². The van der Waals surface area contributed by atoms with Gasteiger partial charge in [0, 0.05) is 6.20 Å². The van der Waals surface area contributed by atoms with E-state index in [-0.39, 0.29) is 11.6 Å². The number of imidazole rings is 1. The molecule has 0 unspecified atom stereocenters. The van der Waals surface area contributed by atoms with Crippen LogP contribution in [-0.4, -0.2) is 32.8 Å². The van der Waals surface area contributed by atoms with Crippen LogP contribution in [-0.2, 0) is 9.47 Å². The molecule has 0 bridgehead atoms. The van der Waals surface area contributed by atoms with Crippen LogP contribution in [0, 0.1) is 12.7 Å². The summed E-state index contributed by atoms with van der Waals surface area (Å²) in [6.45, 7) is 11.9. The number of anilines is 1. The van der Waals surface area contributed by atoms with E-state index in [1.807, 2.05) is 6.07 Å². The minimum atomic E-state index is -0.892. The van der Waals surface area contributed by atoms with E-state index in [9.17, 15) is 14.0 Å². The molecule has 7 nitrogen and oxygen atoms in total. The molecule has 2 amide bonds. The maximum atomic E-state index is 14.0. The SMILES string of the molecule is Cc1c(F)cccc1-c1ccc2nc(N(C(=O)OC(C)(C)C)C(=O)OC(C)(C)C)cn2c1. The summed E-state index contributed by atoms with van der Waals surface area (Å²) in [4.78, 5) is 30.9. The van der Waals surface area contributed by atoms with E-state index in [1.165, 1.54) is 12.3 Å². The van der Waals surface area contributed by atoms with Gasteiger partial charge in [-0.25, -0.2) is 19.0 Å². The van der Waals surface area contributed by atoms with Crippen LogP contribution in [0.1, 0.15) is 47.1 Å². The third-order valence-corrected chi connectivity index (χ3v) is 4.40. The molecule has 0 aliphatic heterocycles. The number of hydrogen-bond acceptors (Lipinski definition) is 5. The predicted molar refractivity (Wildman–Crippen MR) is 120 cm³/mol. The highest BCUT2D eigenvalue weighted by atomic mass is 19.1. The Bertz CT molecular complexity index is 1140. The summed E-state index contributed by atoms with van der Waals surface area (Å²) in [6.07, 6.45) is 1.50. The molecule has 8 heteroatoms. The van der Waals surface area contributed by atoms with Crippen molar-refractivity contribution >= 4 is 23.7 Å². The molecule has 0 saturated heterocycles. The van der Waals surface area contributed by atoms with Crippen molar-refractivity contribution in [3.63, 3.8) is 0 Å². The van der Waals surface area contributed by atoms with E-state index >= 15 is 0 Å². The number of halogens is 1. The van der Waals surface area contributed by atoms with Crippen molar-refractivity contribution in [3.8, 4) is 11.1 Å². The first kappa shape index (κ1) is 23.2. The van der Waals surface area contributed by atoms with E-state index in [2.05, 4.69) is 4.98 Å². The number of rotatable bonds is 2. The Morgan fingerprint density at radius 1 is 0.938 bits per heavy atom. The third kappa shape index (κ3) is 5.25. The van der Waals surface area contributed by atoms with E-state index in [0.717, 1.165) is 16.0 Å². The normalized spacial score (nSPS) is 12.0. The number of benzene rings is 1. The van der Waals surface area contributed by atoms with Crippen LogP contribution in [0.4, 0.5) is 19.8 Å². The lowest BCUT2D eigenvalue weighted by Crippen LogP contribution is -2.44. The largest absolute Gasteiger partial charge is 0.443 e. The van der Waals surface area contributed by atoms with Crippen LogP contribution in [0.15, 0.2) is 42.7 Å². The summed E-state index contributed by atoms with van der Waals surface area (Å²) < 4.78 is 26.5. The molecule has 0 fully saturated rings. The molecule has 0 aliphatic rings. The fourth-order valence-electron chi connectivity index (χ4n) is 3.04. The Labute approximate surface area is 186 Å². The van der Waals surface area contributed by atoms with Crippen LogP contribution in [0.25, 0.3) is 16.8 Å². The molecular weight excluding hydrogens is 413 g/mol. The van der Waals surface area contributed by atoms with Gasteiger partial charge in [-0.15, -0.1) is 0 Å². The molecule has 2 heterocycles. The molecule has 0 atom stereocenters. The number of pyridine rings is 1. The van der Waals surface area contributed by atoms with Crippen LogP contribution in [0.2, 0.25) is 0 Å². The topological polar surface area (TPSA) is 73.1 Å². The number of carbonyl (C=O) groups excluding carboxylic acids is 2. The van der Waals surface area contributed by atoms with E-state index in [1.54, 1.807) is 77.3 Å². The van der Waals surface area contributed by atoms with E-state index in [4.69, 9.17) is 9.47 Å². The molecule has 0 N–H and O–H groups in total. The Kier molecular flexibility index (Phi) is 6.00. The third-order valence-electron chi connectivity index (χ3n) is 4.40. The van der Waals surface area contributed by atoms with Gasteiger partial charge in [0.2, 0.25) is 0 Å². The number of fused-ring (bicyclic) bond motifs is 1. The van der Waals surface area contributed by atoms with Gasteiger partial charge in [0.25, 0.3) is 0 Å². The van der Waals surface area contributed by atoms with E-state index in [0.29, 0.717) is 11.2 Å². The van der Waals surface area contributed by atoms with E-state index < -0.39 is 23.4 Å². The van der Waals surface area contributed by atoms with Gasteiger partial charge in [0.15, 0.2) is 5.82 Å². The standard InChI is InChI=1S/C24H28FN3O4/c1-15-17(9-8-10-18(15)25)16-11-12-19-26-20(14-27(19)13-16)28(21(29)31-23(2,3)4)22(30)32-24(5,6)7/h8-14H,1-7H3. The highest BCUT2D eigenvalue weighted by molar-refractivity contribution is 6.08. The van der Waals surface area contributed by atoms with Gasteiger partial charge in [0.05, 0.1) is 6.20 Å². The maximum Gasteiger partial charge on any atom is 0.425 e. The molecular formula is C24H28FN3O4. The summed E-state index contributed by atoms with van der Waals surface area (Å²) in [5.74, 6) is -0.239. The van der Waals surface area contributed by atoms with Gasteiger partial charge >= 0.3 is 12.2 Å². The summed E-state index contributed by atoms with van der Waals surface area (Å²) in [5, 5.41) is 0. The first-order chi connectivity index (χ1) is 14.7. The molecule has 170 valence electrons. The van der Waals surface area contributed by atoms with Gasteiger partial charge in [-0.2, -0.15) is 4.90 Å². The smallest absolute Gasteiger partial charge is 0.425 e. The van der Waals surface area contributed by atoms with Crippen molar-refractivity contribution in [2.24, 2.45) is 0 Å². The fraction of sp³-hybridized carbons (Fsp3) is 0.375. The lowest BCUT2D eigenvalue weighted by atomic mass is 10.0. The molecule has 3 aromatic rings. The number of nitrogens with zero attached hydrogens (tertiary/aromatic N) is 3. The van der Waals surface area contributed by atoms with Crippen molar-refractivity contribution < 1.29 is 23.5 Å². The van der Waals surface area contributed by atoms with Crippen molar-refractivity contribution in [1.82, 2.24) is 9.38 Å². The second kappa shape index (κ2) is 8.26. The average Bonchev–Trinajstić information content (AvgIpc) is 3.03. The summed E-state index contributed by atoms with van der Waals surface area (Å²) in [7, 11) is 0. The van der Waals surface area contributed by atoms with Crippen molar-refractivity contribution in [2.45, 2.75) is 59.7 Å². The maximum absolute atomic E-state index is 14.0. The summed E-state index contributed by atoms with van der Waals surface area (Å²) >= 11 is 0. The zero-order valence-corrected chi connectivity index (χ0v) is 19.4. The van der Waals surface area contributed by atoms with Gasteiger partial charge in [-0.05, 0) is 83.4 Å². The predicted octanol–water partition coefficient (Wildman–Crippen LogP) is 6.13. The quantitative estimate of drug-likeness (QED) is 0.479. The first-order valence-corrected chi connectivity index (χ1v) is 10.3. The molecule has 2 aromatic heterocycles. The highest BCUT2D eigenvalue weighted by Crippen LogP contribution is 2.27. The Morgan fingerprint density at radius 2 is 1.53 bits per heavy atom. The lowest BCUT2D eigenvalue weighted by molar-refractivity contribution is 0.0429. The lowest BCUT2D eigenvalue weighted by Gasteiger charge is -2.27. The molecule has 1 aromatic carbocycles. The number of hydrogen-bond donors (Lipinski definition) is 0. The monoisotopic (exact) mass is 441 g/mol. The van der Waals surface area contributed by atoms with Crippen LogP contribution < -0.4 is 4.90 Å². The van der Waals surface area contributed by atoms with Crippen LogP contribution >= 0.6 is 0 Å². The van der Waals surface area contributed by atoms with Crippen molar-refractivity contribution in [3.05, 3.63) is 54.1 Å². The Hall–Kier alpha value is -3.42. The number of amides is 2.